The minimum absolute atomic E-state index is 0.543. The van der Waals surface area contributed by atoms with Crippen LogP contribution in [0.3, 0.4) is 0 Å². The van der Waals surface area contributed by atoms with Crippen LogP contribution in [0.15, 0.2) is 36.4 Å². The highest BCUT2D eigenvalue weighted by atomic mass is 15.2. The molecule has 1 aromatic heterocycles. The quantitative estimate of drug-likeness (QED) is 0.934. The van der Waals surface area contributed by atoms with Crippen LogP contribution in [0.2, 0.25) is 0 Å². The van der Waals surface area contributed by atoms with Crippen LogP contribution in [-0.4, -0.2) is 29.6 Å². The zero-order valence-electron chi connectivity index (χ0n) is 12.7. The second-order valence-electron chi connectivity index (χ2n) is 5.59. The van der Waals surface area contributed by atoms with E-state index >= 15 is 0 Å². The molecular weight excluding hydrogens is 260 g/mol. The van der Waals surface area contributed by atoms with E-state index in [1.807, 2.05) is 31.3 Å². The van der Waals surface area contributed by atoms with Crippen molar-refractivity contribution < 1.29 is 0 Å². The normalized spacial score (nSPS) is 18.6. The van der Waals surface area contributed by atoms with Gasteiger partial charge in [-0.15, -0.1) is 0 Å². The molecule has 1 unspecified atom stereocenters. The summed E-state index contributed by atoms with van der Waals surface area (Å²) in [6, 6.07) is 12.8. The van der Waals surface area contributed by atoms with Crippen molar-refractivity contribution >= 4 is 11.6 Å². The number of hydrogen-bond donors (Lipinski definition) is 1. The zero-order valence-corrected chi connectivity index (χ0v) is 12.7. The summed E-state index contributed by atoms with van der Waals surface area (Å²) in [6.07, 6.45) is 3.79. The van der Waals surface area contributed by atoms with Gasteiger partial charge < -0.3 is 10.2 Å². The number of nitrogens with one attached hydrogen (secondary N) is 1. The van der Waals surface area contributed by atoms with Crippen molar-refractivity contribution in [3.05, 3.63) is 36.4 Å². The zero-order chi connectivity index (χ0) is 14.7. The molecule has 1 saturated heterocycles. The van der Waals surface area contributed by atoms with Crippen molar-refractivity contribution in [3.63, 3.8) is 0 Å². The van der Waals surface area contributed by atoms with E-state index in [1.54, 1.807) is 0 Å². The summed E-state index contributed by atoms with van der Waals surface area (Å²) in [7, 11) is 1.90. The molecule has 2 aromatic rings. The molecule has 1 atom stereocenters. The molecule has 2 heterocycles. The van der Waals surface area contributed by atoms with Gasteiger partial charge in [-0.25, -0.2) is 9.97 Å². The van der Waals surface area contributed by atoms with Gasteiger partial charge in [0.05, 0.1) is 0 Å². The van der Waals surface area contributed by atoms with E-state index in [1.165, 1.54) is 19.3 Å². The number of rotatable bonds is 3. The van der Waals surface area contributed by atoms with Gasteiger partial charge in [-0.1, -0.05) is 30.3 Å². The first kappa shape index (κ1) is 13.9. The molecular formula is C17H22N4. The summed E-state index contributed by atoms with van der Waals surface area (Å²) in [4.78, 5) is 11.8. The maximum absolute atomic E-state index is 4.80. The molecule has 0 spiro atoms. The van der Waals surface area contributed by atoms with E-state index in [0.29, 0.717) is 6.04 Å². The van der Waals surface area contributed by atoms with Gasteiger partial charge in [-0.3, -0.25) is 0 Å². The van der Waals surface area contributed by atoms with Gasteiger partial charge in [0.1, 0.15) is 11.6 Å². The highest BCUT2D eigenvalue weighted by Gasteiger charge is 2.21. The highest BCUT2D eigenvalue weighted by molar-refractivity contribution is 5.61. The van der Waals surface area contributed by atoms with Crippen molar-refractivity contribution in [3.8, 4) is 11.4 Å². The summed E-state index contributed by atoms with van der Waals surface area (Å²) in [5.74, 6) is 2.69. The van der Waals surface area contributed by atoms with Crippen LogP contribution in [-0.2, 0) is 0 Å². The topological polar surface area (TPSA) is 41.0 Å². The van der Waals surface area contributed by atoms with Crippen LogP contribution in [0.25, 0.3) is 11.4 Å². The third-order valence-electron chi connectivity index (χ3n) is 4.10. The third-order valence-corrected chi connectivity index (χ3v) is 4.10. The average molecular weight is 282 g/mol. The lowest BCUT2D eigenvalue weighted by Gasteiger charge is -2.34. The van der Waals surface area contributed by atoms with Crippen LogP contribution >= 0.6 is 0 Å². The summed E-state index contributed by atoms with van der Waals surface area (Å²) < 4.78 is 0. The molecule has 110 valence electrons. The fraction of sp³-hybridized carbons (Fsp3) is 0.412. The van der Waals surface area contributed by atoms with Crippen LogP contribution in [0.5, 0.6) is 0 Å². The molecule has 0 bridgehead atoms. The Labute approximate surface area is 126 Å². The highest BCUT2D eigenvalue weighted by Crippen LogP contribution is 2.27. The first-order valence-electron chi connectivity index (χ1n) is 7.67. The Morgan fingerprint density at radius 2 is 1.95 bits per heavy atom. The largest absolute Gasteiger partial charge is 0.373 e. The van der Waals surface area contributed by atoms with Gasteiger partial charge in [0, 0.05) is 31.3 Å². The Kier molecular flexibility index (Phi) is 4.04. The molecule has 1 aliphatic rings. The Balaban J connectivity index is 2.01. The molecule has 1 aromatic carbocycles. The fourth-order valence-corrected chi connectivity index (χ4v) is 2.86. The van der Waals surface area contributed by atoms with E-state index in [-0.39, 0.29) is 0 Å². The van der Waals surface area contributed by atoms with Crippen molar-refractivity contribution in [2.75, 3.05) is 23.8 Å². The molecule has 1 fully saturated rings. The molecule has 3 rings (SSSR count). The van der Waals surface area contributed by atoms with Gasteiger partial charge >= 0.3 is 0 Å². The fourth-order valence-electron chi connectivity index (χ4n) is 2.86. The smallest absolute Gasteiger partial charge is 0.163 e. The molecule has 4 nitrogen and oxygen atoms in total. The average Bonchev–Trinajstić information content (AvgIpc) is 2.55. The Bertz CT molecular complexity index is 597. The summed E-state index contributed by atoms with van der Waals surface area (Å²) in [5, 5.41) is 3.15. The molecule has 0 amide bonds. The van der Waals surface area contributed by atoms with Crippen LogP contribution in [0.4, 0.5) is 11.6 Å². The summed E-state index contributed by atoms with van der Waals surface area (Å²) >= 11 is 0. The molecule has 0 radical (unpaired) electrons. The number of benzene rings is 1. The number of aromatic nitrogens is 2. The minimum Gasteiger partial charge on any atom is -0.373 e. The van der Waals surface area contributed by atoms with Gasteiger partial charge in [0.15, 0.2) is 5.82 Å². The standard InChI is InChI=1S/C17H22N4/c1-13-8-6-7-11-21(13)16-12-15(18-2)19-17(20-16)14-9-4-3-5-10-14/h3-5,9-10,12-13H,6-8,11H2,1-2H3,(H,18,19,20). The number of piperidine rings is 1. The lowest BCUT2D eigenvalue weighted by Crippen LogP contribution is -2.38. The molecule has 0 saturated carbocycles. The number of anilines is 2. The second kappa shape index (κ2) is 6.12. The predicted molar refractivity (Wildman–Crippen MR) is 87.7 cm³/mol. The number of nitrogens with zero attached hydrogens (tertiary/aromatic N) is 3. The van der Waals surface area contributed by atoms with Crippen LogP contribution < -0.4 is 10.2 Å². The van der Waals surface area contributed by atoms with Gasteiger partial charge in [0.25, 0.3) is 0 Å². The maximum Gasteiger partial charge on any atom is 0.163 e. The van der Waals surface area contributed by atoms with E-state index in [0.717, 1.165) is 29.6 Å². The van der Waals surface area contributed by atoms with E-state index in [2.05, 4.69) is 34.3 Å². The molecule has 21 heavy (non-hydrogen) atoms. The molecule has 1 N–H and O–H groups in total. The second-order valence-corrected chi connectivity index (χ2v) is 5.59. The van der Waals surface area contributed by atoms with Crippen molar-refractivity contribution in [2.45, 2.75) is 32.2 Å². The molecule has 0 aliphatic carbocycles. The van der Waals surface area contributed by atoms with Crippen LogP contribution in [0.1, 0.15) is 26.2 Å². The van der Waals surface area contributed by atoms with E-state index in [9.17, 15) is 0 Å². The van der Waals surface area contributed by atoms with Gasteiger partial charge in [-0.05, 0) is 26.2 Å². The third kappa shape index (κ3) is 2.99. The summed E-state index contributed by atoms with van der Waals surface area (Å²) in [6.45, 7) is 3.36. The van der Waals surface area contributed by atoms with Crippen molar-refractivity contribution in [1.82, 2.24) is 9.97 Å². The summed E-state index contributed by atoms with van der Waals surface area (Å²) in [5.41, 5.74) is 1.06. The lowest BCUT2D eigenvalue weighted by molar-refractivity contribution is 0.481. The predicted octanol–water partition coefficient (Wildman–Crippen LogP) is 3.56. The lowest BCUT2D eigenvalue weighted by atomic mass is 10.0. The van der Waals surface area contributed by atoms with E-state index < -0.39 is 0 Å². The Morgan fingerprint density at radius 1 is 1.14 bits per heavy atom. The molecule has 4 heteroatoms. The minimum atomic E-state index is 0.543. The number of hydrogen-bond acceptors (Lipinski definition) is 4. The first-order valence-corrected chi connectivity index (χ1v) is 7.67. The monoisotopic (exact) mass is 282 g/mol. The first-order chi connectivity index (χ1) is 10.3. The van der Waals surface area contributed by atoms with Crippen LogP contribution in [0, 0.1) is 0 Å². The molecule has 1 aliphatic heterocycles. The maximum atomic E-state index is 4.80. The Hall–Kier alpha value is -2.10. The van der Waals surface area contributed by atoms with Gasteiger partial charge in [-0.2, -0.15) is 0 Å². The van der Waals surface area contributed by atoms with Gasteiger partial charge in [0.2, 0.25) is 0 Å². The Morgan fingerprint density at radius 3 is 2.67 bits per heavy atom. The van der Waals surface area contributed by atoms with Crippen molar-refractivity contribution in [2.24, 2.45) is 0 Å². The van der Waals surface area contributed by atoms with E-state index in [4.69, 9.17) is 4.98 Å². The van der Waals surface area contributed by atoms with Crippen molar-refractivity contribution in [1.29, 1.82) is 0 Å². The SMILES string of the molecule is CNc1cc(N2CCCCC2C)nc(-c2ccccc2)n1.